The lowest BCUT2D eigenvalue weighted by Crippen LogP contribution is -2.45. The van der Waals surface area contributed by atoms with Crippen molar-refractivity contribution in [1.29, 1.82) is 0 Å². The number of carbonyl (C=O) groups excluding carboxylic acids is 1. The van der Waals surface area contributed by atoms with E-state index >= 15 is 0 Å². The van der Waals surface area contributed by atoms with Gasteiger partial charge in [-0.2, -0.15) is 11.8 Å². The van der Waals surface area contributed by atoms with Crippen LogP contribution in [0.3, 0.4) is 0 Å². The summed E-state index contributed by atoms with van der Waals surface area (Å²) in [5, 5.41) is 6.23. The molecule has 2 unspecified atom stereocenters. The molecule has 4 heteroatoms. The van der Waals surface area contributed by atoms with Crippen molar-refractivity contribution in [1.82, 2.24) is 10.6 Å². The SMILES string of the molecule is CCC(C)NC(=O)C(C)NCCCCSC. The van der Waals surface area contributed by atoms with Gasteiger partial charge in [-0.25, -0.2) is 0 Å². The van der Waals surface area contributed by atoms with Crippen LogP contribution in [0.15, 0.2) is 0 Å². The first kappa shape index (κ1) is 15.8. The first-order chi connectivity index (χ1) is 7.61. The summed E-state index contributed by atoms with van der Waals surface area (Å²) in [5.41, 5.74) is 0. The third-order valence-corrected chi connectivity index (χ3v) is 3.32. The van der Waals surface area contributed by atoms with Crippen molar-refractivity contribution in [3.63, 3.8) is 0 Å². The number of carbonyl (C=O) groups is 1. The van der Waals surface area contributed by atoms with Gasteiger partial charge in [0.05, 0.1) is 6.04 Å². The van der Waals surface area contributed by atoms with Gasteiger partial charge in [-0.15, -0.1) is 0 Å². The highest BCUT2D eigenvalue weighted by atomic mass is 32.2. The maximum atomic E-state index is 11.7. The van der Waals surface area contributed by atoms with Crippen molar-refractivity contribution in [3.8, 4) is 0 Å². The fourth-order valence-electron chi connectivity index (χ4n) is 1.25. The zero-order chi connectivity index (χ0) is 12.4. The quantitative estimate of drug-likeness (QED) is 0.612. The fourth-order valence-corrected chi connectivity index (χ4v) is 1.75. The highest BCUT2D eigenvalue weighted by Crippen LogP contribution is 1.98. The van der Waals surface area contributed by atoms with Crippen molar-refractivity contribution >= 4 is 17.7 Å². The summed E-state index contributed by atoms with van der Waals surface area (Å²) in [6.45, 7) is 6.95. The molecule has 0 saturated carbocycles. The van der Waals surface area contributed by atoms with Crippen LogP contribution in [-0.4, -0.2) is 36.5 Å². The molecule has 0 rings (SSSR count). The average Bonchev–Trinajstić information content (AvgIpc) is 2.28. The summed E-state index contributed by atoms with van der Waals surface area (Å²) in [5.74, 6) is 1.31. The topological polar surface area (TPSA) is 41.1 Å². The predicted molar refractivity (Wildman–Crippen MR) is 73.0 cm³/mol. The van der Waals surface area contributed by atoms with Crippen LogP contribution in [0.5, 0.6) is 0 Å². The third-order valence-electron chi connectivity index (χ3n) is 2.62. The Balaban J connectivity index is 3.55. The van der Waals surface area contributed by atoms with E-state index in [4.69, 9.17) is 0 Å². The maximum Gasteiger partial charge on any atom is 0.237 e. The van der Waals surface area contributed by atoms with Crippen molar-refractivity contribution < 1.29 is 4.79 Å². The minimum absolute atomic E-state index is 0.0803. The van der Waals surface area contributed by atoms with E-state index in [1.54, 1.807) is 0 Å². The molecule has 96 valence electrons. The molecule has 0 bridgehead atoms. The van der Waals surface area contributed by atoms with E-state index in [1.165, 1.54) is 12.2 Å². The van der Waals surface area contributed by atoms with Gasteiger partial charge < -0.3 is 10.6 Å². The van der Waals surface area contributed by atoms with Crippen LogP contribution in [0, 0.1) is 0 Å². The third kappa shape index (κ3) is 7.99. The Morgan fingerprint density at radius 3 is 2.56 bits per heavy atom. The average molecular weight is 246 g/mol. The molecule has 0 aliphatic heterocycles. The van der Waals surface area contributed by atoms with Crippen LogP contribution in [0.1, 0.15) is 40.0 Å². The Morgan fingerprint density at radius 1 is 1.31 bits per heavy atom. The van der Waals surface area contributed by atoms with E-state index in [2.05, 4.69) is 23.8 Å². The lowest BCUT2D eigenvalue weighted by atomic mass is 10.2. The first-order valence-corrected chi connectivity index (χ1v) is 7.53. The Morgan fingerprint density at radius 2 is 2.00 bits per heavy atom. The van der Waals surface area contributed by atoms with Gasteiger partial charge in [-0.3, -0.25) is 4.79 Å². The molecule has 0 fully saturated rings. The fraction of sp³-hybridized carbons (Fsp3) is 0.917. The second-order valence-corrected chi connectivity index (χ2v) is 5.18. The smallest absolute Gasteiger partial charge is 0.237 e. The highest BCUT2D eigenvalue weighted by molar-refractivity contribution is 7.98. The van der Waals surface area contributed by atoms with Gasteiger partial charge in [0.25, 0.3) is 0 Å². The number of unbranched alkanes of at least 4 members (excludes halogenated alkanes) is 1. The molecule has 0 aromatic heterocycles. The van der Waals surface area contributed by atoms with Crippen LogP contribution < -0.4 is 10.6 Å². The van der Waals surface area contributed by atoms with Crippen LogP contribution in [0.4, 0.5) is 0 Å². The predicted octanol–water partition coefficient (Wildman–Crippen LogP) is 2.02. The summed E-state index contributed by atoms with van der Waals surface area (Å²) in [6.07, 6.45) is 5.46. The molecule has 0 aromatic carbocycles. The zero-order valence-electron chi connectivity index (χ0n) is 11.0. The Kier molecular flexibility index (Phi) is 9.83. The minimum atomic E-state index is -0.0803. The molecule has 2 N–H and O–H groups in total. The Bertz CT molecular complexity index is 188. The molecule has 1 amide bonds. The molecule has 2 atom stereocenters. The van der Waals surface area contributed by atoms with Gasteiger partial charge in [0, 0.05) is 6.04 Å². The number of hydrogen-bond acceptors (Lipinski definition) is 3. The molecule has 0 spiro atoms. The molecule has 0 aliphatic carbocycles. The molecular formula is C12H26N2OS. The van der Waals surface area contributed by atoms with E-state index in [-0.39, 0.29) is 18.0 Å². The summed E-state index contributed by atoms with van der Waals surface area (Å²) >= 11 is 1.87. The number of nitrogens with one attached hydrogen (secondary N) is 2. The minimum Gasteiger partial charge on any atom is -0.352 e. The molecule has 0 radical (unpaired) electrons. The van der Waals surface area contributed by atoms with Crippen LogP contribution in [0.2, 0.25) is 0 Å². The molecule has 16 heavy (non-hydrogen) atoms. The normalized spacial score (nSPS) is 14.5. The largest absolute Gasteiger partial charge is 0.352 e. The van der Waals surface area contributed by atoms with Crippen LogP contribution in [0.25, 0.3) is 0 Å². The summed E-state index contributed by atoms with van der Waals surface area (Å²) in [6, 6.07) is 0.191. The zero-order valence-corrected chi connectivity index (χ0v) is 11.8. The Labute approximate surface area is 104 Å². The molecule has 0 heterocycles. The lowest BCUT2D eigenvalue weighted by Gasteiger charge is -2.17. The van der Waals surface area contributed by atoms with Crippen LogP contribution >= 0.6 is 11.8 Å². The first-order valence-electron chi connectivity index (χ1n) is 6.14. The van der Waals surface area contributed by atoms with E-state index in [1.807, 2.05) is 25.6 Å². The number of rotatable bonds is 9. The van der Waals surface area contributed by atoms with Crippen molar-refractivity contribution in [2.75, 3.05) is 18.6 Å². The van der Waals surface area contributed by atoms with E-state index in [0.717, 1.165) is 19.4 Å². The van der Waals surface area contributed by atoms with Gasteiger partial charge in [0.1, 0.15) is 0 Å². The van der Waals surface area contributed by atoms with Gasteiger partial charge >= 0.3 is 0 Å². The Hall–Kier alpha value is -0.220. The van der Waals surface area contributed by atoms with Gasteiger partial charge in [0.15, 0.2) is 0 Å². The second-order valence-electron chi connectivity index (χ2n) is 4.19. The van der Waals surface area contributed by atoms with Gasteiger partial charge in [-0.05, 0) is 51.7 Å². The van der Waals surface area contributed by atoms with Crippen molar-refractivity contribution in [2.24, 2.45) is 0 Å². The number of amides is 1. The summed E-state index contributed by atoms with van der Waals surface area (Å²) in [7, 11) is 0. The van der Waals surface area contributed by atoms with E-state index < -0.39 is 0 Å². The monoisotopic (exact) mass is 246 g/mol. The van der Waals surface area contributed by atoms with Crippen molar-refractivity contribution in [2.45, 2.75) is 52.1 Å². The van der Waals surface area contributed by atoms with Crippen LogP contribution in [-0.2, 0) is 4.79 Å². The highest BCUT2D eigenvalue weighted by Gasteiger charge is 2.12. The van der Waals surface area contributed by atoms with E-state index in [0.29, 0.717) is 0 Å². The van der Waals surface area contributed by atoms with Crippen molar-refractivity contribution in [3.05, 3.63) is 0 Å². The summed E-state index contributed by atoms with van der Waals surface area (Å²) in [4.78, 5) is 11.7. The lowest BCUT2D eigenvalue weighted by molar-refractivity contribution is -0.123. The van der Waals surface area contributed by atoms with Gasteiger partial charge in [0.2, 0.25) is 5.91 Å². The standard InChI is InChI=1S/C12H26N2OS/c1-5-10(2)14-12(15)11(3)13-8-6-7-9-16-4/h10-11,13H,5-9H2,1-4H3,(H,14,15). The molecule has 0 saturated heterocycles. The number of hydrogen-bond donors (Lipinski definition) is 2. The molecule has 3 nitrogen and oxygen atoms in total. The van der Waals surface area contributed by atoms with Gasteiger partial charge in [-0.1, -0.05) is 6.92 Å². The molecule has 0 aliphatic rings. The second kappa shape index (κ2) is 9.97. The number of thioether (sulfide) groups is 1. The molecular weight excluding hydrogens is 220 g/mol. The summed E-state index contributed by atoms with van der Waals surface area (Å²) < 4.78 is 0. The maximum absolute atomic E-state index is 11.7. The molecule has 0 aromatic rings. The van der Waals surface area contributed by atoms with E-state index in [9.17, 15) is 4.79 Å².